The molecule has 0 saturated heterocycles. The Bertz CT molecular complexity index is 477. The summed E-state index contributed by atoms with van der Waals surface area (Å²) >= 11 is 11.7. The van der Waals surface area contributed by atoms with Crippen molar-refractivity contribution in [1.29, 1.82) is 0 Å². The van der Waals surface area contributed by atoms with Crippen LogP contribution in [0.5, 0.6) is 0 Å². The molecule has 1 rings (SSSR count). The van der Waals surface area contributed by atoms with Gasteiger partial charge in [-0.3, -0.25) is 4.79 Å². The Morgan fingerprint density at radius 2 is 2.17 bits per heavy atom. The zero-order chi connectivity index (χ0) is 13.7. The average Bonchev–Trinajstić information content (AvgIpc) is 2.34. The maximum atomic E-state index is 12.0. The summed E-state index contributed by atoms with van der Waals surface area (Å²) in [5.74, 6) is -0.181. The molecule has 0 saturated carbocycles. The normalized spacial score (nSPS) is 11.4. The molecule has 0 unspecified atom stereocenters. The summed E-state index contributed by atoms with van der Waals surface area (Å²) in [6, 6.07) is 4.67. The fourth-order valence-corrected chi connectivity index (χ4v) is 1.79. The third kappa shape index (κ3) is 3.78. The molecule has 0 atom stereocenters. The van der Waals surface area contributed by atoms with Gasteiger partial charge >= 0.3 is 0 Å². The second kappa shape index (κ2) is 6.47. The maximum Gasteiger partial charge on any atom is 0.255 e. The molecule has 1 amide bonds. The number of amidine groups is 1. The first-order valence-electron chi connectivity index (χ1n) is 5.12. The van der Waals surface area contributed by atoms with Gasteiger partial charge in [0, 0.05) is 25.0 Å². The van der Waals surface area contributed by atoms with Gasteiger partial charge in [0.2, 0.25) is 0 Å². The van der Waals surface area contributed by atoms with Gasteiger partial charge in [0.25, 0.3) is 5.91 Å². The van der Waals surface area contributed by atoms with Crippen molar-refractivity contribution >= 4 is 34.9 Å². The highest BCUT2D eigenvalue weighted by atomic mass is 35.5. The Morgan fingerprint density at radius 3 is 2.72 bits per heavy atom. The summed E-state index contributed by atoms with van der Waals surface area (Å²) in [6.45, 7) is 0.327. The quantitative estimate of drug-likeness (QED) is 0.386. The predicted octanol–water partition coefficient (Wildman–Crippen LogP) is 2.20. The fraction of sp³-hybridized carbons (Fsp3) is 0.273. The molecule has 3 N–H and O–H groups in total. The monoisotopic (exact) mass is 289 g/mol. The summed E-state index contributed by atoms with van der Waals surface area (Å²) in [5.41, 5.74) is 5.69. The first kappa shape index (κ1) is 14.6. The summed E-state index contributed by atoms with van der Waals surface area (Å²) in [7, 11) is 1.61. The number of carbonyl (C=O) groups is 1. The lowest BCUT2D eigenvalue weighted by atomic mass is 10.2. The van der Waals surface area contributed by atoms with Crippen molar-refractivity contribution in [3.8, 4) is 0 Å². The SMILES string of the molecule is CN(CC/C(N)=N/O)C(=O)c1ccc(Cl)cc1Cl. The number of amides is 1. The second-order valence-corrected chi connectivity index (χ2v) is 4.54. The van der Waals surface area contributed by atoms with Crippen LogP contribution in [-0.4, -0.2) is 35.4 Å². The smallest absolute Gasteiger partial charge is 0.255 e. The van der Waals surface area contributed by atoms with Crippen LogP contribution in [0.4, 0.5) is 0 Å². The molecular formula is C11H13Cl2N3O2. The third-order valence-corrected chi connectivity index (χ3v) is 2.89. The molecule has 0 radical (unpaired) electrons. The Hall–Kier alpha value is -1.46. The number of hydrogen-bond donors (Lipinski definition) is 2. The van der Waals surface area contributed by atoms with Crippen molar-refractivity contribution in [3.05, 3.63) is 33.8 Å². The first-order valence-corrected chi connectivity index (χ1v) is 5.88. The average molecular weight is 290 g/mol. The Morgan fingerprint density at radius 1 is 1.50 bits per heavy atom. The second-order valence-electron chi connectivity index (χ2n) is 3.69. The van der Waals surface area contributed by atoms with Gasteiger partial charge in [-0.2, -0.15) is 0 Å². The van der Waals surface area contributed by atoms with Gasteiger partial charge in [0.15, 0.2) is 0 Å². The summed E-state index contributed by atoms with van der Waals surface area (Å²) < 4.78 is 0. The van der Waals surface area contributed by atoms with Gasteiger partial charge in [0.05, 0.1) is 10.6 Å². The van der Waals surface area contributed by atoms with Crippen LogP contribution in [0.3, 0.4) is 0 Å². The van der Waals surface area contributed by atoms with E-state index in [9.17, 15) is 4.79 Å². The minimum Gasteiger partial charge on any atom is -0.409 e. The van der Waals surface area contributed by atoms with Crippen molar-refractivity contribution < 1.29 is 10.0 Å². The number of rotatable bonds is 4. The Labute approximate surface area is 115 Å². The molecule has 18 heavy (non-hydrogen) atoms. The zero-order valence-electron chi connectivity index (χ0n) is 9.73. The predicted molar refractivity (Wildman–Crippen MR) is 71.4 cm³/mol. The fourth-order valence-electron chi connectivity index (χ4n) is 1.30. The van der Waals surface area contributed by atoms with E-state index in [2.05, 4.69) is 5.16 Å². The highest BCUT2D eigenvalue weighted by Gasteiger charge is 2.15. The van der Waals surface area contributed by atoms with E-state index in [1.165, 1.54) is 11.0 Å². The van der Waals surface area contributed by atoms with Crippen LogP contribution in [0.1, 0.15) is 16.8 Å². The van der Waals surface area contributed by atoms with Crippen LogP contribution >= 0.6 is 23.2 Å². The standard InChI is InChI=1S/C11H13Cl2N3O2/c1-16(5-4-10(14)15-18)11(17)8-3-2-7(12)6-9(8)13/h2-3,6,18H,4-5H2,1H3,(H2,14,15). The van der Waals surface area contributed by atoms with Crippen molar-refractivity contribution in [2.75, 3.05) is 13.6 Å². The molecule has 0 aliphatic heterocycles. The molecule has 98 valence electrons. The van der Waals surface area contributed by atoms with E-state index in [1.54, 1.807) is 19.2 Å². The lowest BCUT2D eigenvalue weighted by molar-refractivity contribution is 0.0798. The minimum absolute atomic E-state index is 0.0665. The molecule has 7 heteroatoms. The zero-order valence-corrected chi connectivity index (χ0v) is 11.2. The highest BCUT2D eigenvalue weighted by Crippen LogP contribution is 2.22. The summed E-state index contributed by atoms with van der Waals surface area (Å²) in [6.07, 6.45) is 0.282. The molecular weight excluding hydrogens is 277 g/mol. The number of nitrogens with zero attached hydrogens (tertiary/aromatic N) is 2. The highest BCUT2D eigenvalue weighted by molar-refractivity contribution is 6.36. The molecule has 0 aliphatic rings. The molecule has 1 aromatic rings. The van der Waals surface area contributed by atoms with E-state index in [1.807, 2.05) is 0 Å². The van der Waals surface area contributed by atoms with Gasteiger partial charge in [-0.05, 0) is 18.2 Å². The number of benzene rings is 1. The molecule has 0 aliphatic carbocycles. The Balaban J connectivity index is 2.74. The van der Waals surface area contributed by atoms with Crippen LogP contribution in [0.2, 0.25) is 10.0 Å². The lowest BCUT2D eigenvalue weighted by Gasteiger charge is -2.17. The number of hydrogen-bond acceptors (Lipinski definition) is 3. The summed E-state index contributed by atoms with van der Waals surface area (Å²) in [5, 5.41) is 12.0. The van der Waals surface area contributed by atoms with E-state index in [-0.39, 0.29) is 18.2 Å². The number of carbonyl (C=O) groups excluding carboxylic acids is 1. The van der Waals surface area contributed by atoms with Crippen molar-refractivity contribution in [2.45, 2.75) is 6.42 Å². The molecule has 0 fully saturated rings. The van der Waals surface area contributed by atoms with Crippen molar-refractivity contribution in [3.63, 3.8) is 0 Å². The summed E-state index contributed by atoms with van der Waals surface area (Å²) in [4.78, 5) is 13.5. The van der Waals surface area contributed by atoms with Crippen LogP contribution in [0, 0.1) is 0 Å². The van der Waals surface area contributed by atoms with Crippen molar-refractivity contribution in [2.24, 2.45) is 10.9 Å². The number of oxime groups is 1. The van der Waals surface area contributed by atoms with Gasteiger partial charge in [-0.15, -0.1) is 0 Å². The molecule has 0 aromatic heterocycles. The Kier molecular flexibility index (Phi) is 5.25. The topological polar surface area (TPSA) is 78.9 Å². The van der Waals surface area contributed by atoms with E-state index in [4.69, 9.17) is 34.1 Å². The number of nitrogens with two attached hydrogens (primary N) is 1. The van der Waals surface area contributed by atoms with Crippen molar-refractivity contribution in [1.82, 2.24) is 4.90 Å². The van der Waals surface area contributed by atoms with Gasteiger partial charge < -0.3 is 15.8 Å². The molecule has 5 nitrogen and oxygen atoms in total. The van der Waals surface area contributed by atoms with Crippen LogP contribution in [0.15, 0.2) is 23.4 Å². The molecule has 0 bridgehead atoms. The largest absolute Gasteiger partial charge is 0.409 e. The van der Waals surface area contributed by atoms with Gasteiger partial charge in [-0.1, -0.05) is 28.4 Å². The van der Waals surface area contributed by atoms with Gasteiger partial charge in [0.1, 0.15) is 5.84 Å². The molecule has 0 spiro atoms. The molecule has 1 aromatic carbocycles. The van der Waals surface area contributed by atoms with E-state index in [0.717, 1.165) is 0 Å². The maximum absolute atomic E-state index is 12.0. The van der Waals surface area contributed by atoms with Gasteiger partial charge in [-0.25, -0.2) is 0 Å². The molecule has 0 heterocycles. The van der Waals surface area contributed by atoms with E-state index < -0.39 is 0 Å². The minimum atomic E-state index is -0.248. The van der Waals surface area contributed by atoms with Crippen LogP contribution < -0.4 is 5.73 Å². The lowest BCUT2D eigenvalue weighted by Crippen LogP contribution is -2.30. The van der Waals surface area contributed by atoms with E-state index in [0.29, 0.717) is 22.2 Å². The van der Waals surface area contributed by atoms with Crippen LogP contribution in [0.25, 0.3) is 0 Å². The first-order chi connectivity index (χ1) is 8.45. The third-order valence-electron chi connectivity index (χ3n) is 2.34. The van der Waals surface area contributed by atoms with Crippen LogP contribution in [-0.2, 0) is 0 Å². The number of halogens is 2. The van der Waals surface area contributed by atoms with E-state index >= 15 is 0 Å².